The fourth-order valence-corrected chi connectivity index (χ4v) is 13.3. The van der Waals surface area contributed by atoms with Crippen LogP contribution >= 0.6 is 19.8 Å². The van der Waals surface area contributed by atoms with E-state index in [0.717, 1.165) is 72.7 Å². The molecule has 1 unspecified atom stereocenters. The number of carbonyl (C=O) groups excluding carboxylic acids is 2. The molecule has 1 N–H and O–H groups in total. The number of aromatic nitrogens is 1. The number of pyridine rings is 1. The summed E-state index contributed by atoms with van der Waals surface area (Å²) >= 11 is -1.52. The van der Waals surface area contributed by atoms with Crippen molar-refractivity contribution in [3.63, 3.8) is 0 Å². The maximum absolute atomic E-state index is 13.5. The van der Waals surface area contributed by atoms with Gasteiger partial charge in [-0.15, -0.1) is 0 Å². The van der Waals surface area contributed by atoms with E-state index in [1.807, 2.05) is 6.20 Å². The van der Waals surface area contributed by atoms with E-state index in [4.69, 9.17) is 0 Å². The van der Waals surface area contributed by atoms with Crippen LogP contribution in [0.3, 0.4) is 0 Å². The number of nitrogens with zero attached hydrogens (tertiary/aromatic N) is 3. The molecule has 2 amide bonds. The van der Waals surface area contributed by atoms with Gasteiger partial charge in [-0.25, -0.2) is 0 Å². The van der Waals surface area contributed by atoms with E-state index in [1.54, 1.807) is 6.20 Å². The van der Waals surface area contributed by atoms with Gasteiger partial charge in [0.05, 0.1) is 0 Å². The Balaban J connectivity index is 1.09. The predicted molar refractivity (Wildman–Crippen MR) is 205 cm³/mol. The number of hydrogen-bond acceptors (Lipinski definition) is 4. The quantitative estimate of drug-likeness (QED) is 0.195. The zero-order valence-corrected chi connectivity index (χ0v) is 31.9. The van der Waals surface area contributed by atoms with Crippen LogP contribution in [-0.2, 0) is 4.79 Å². The predicted octanol–water partition coefficient (Wildman–Crippen LogP) is 8.14. The molecule has 3 fully saturated rings. The van der Waals surface area contributed by atoms with Gasteiger partial charge in [0.15, 0.2) is 0 Å². The Kier molecular flexibility index (Phi) is 10.5. The van der Waals surface area contributed by atoms with Crippen LogP contribution in [0.2, 0.25) is 0 Å². The SMILES string of the molecule is Cc1ccc(C(=C2CCN(C)CC2)c2ccc([C@@H](C)NC(=O)c3cncc(I4CCN(C(=O)C5(C)CCC(C)(C)C5)CC4)c3)cc2)cc1. The molecule has 256 valence electrons. The van der Waals surface area contributed by atoms with Crippen LogP contribution in [0.4, 0.5) is 0 Å². The molecule has 6 rings (SSSR count). The smallest absolute Gasteiger partial charge is 0.0541 e. The van der Waals surface area contributed by atoms with Crippen LogP contribution < -0.4 is 5.32 Å². The summed E-state index contributed by atoms with van der Waals surface area (Å²) in [4.78, 5) is 36.0. The molecule has 0 radical (unpaired) electrons. The van der Waals surface area contributed by atoms with Crippen LogP contribution in [0.5, 0.6) is 0 Å². The number of halogens is 1. The minimum absolute atomic E-state index is 0.0869. The summed E-state index contributed by atoms with van der Waals surface area (Å²) in [5.41, 5.74) is 8.39. The van der Waals surface area contributed by atoms with Crippen LogP contribution in [0.25, 0.3) is 5.57 Å². The van der Waals surface area contributed by atoms with E-state index in [1.165, 1.54) is 31.4 Å². The van der Waals surface area contributed by atoms with E-state index < -0.39 is 19.8 Å². The third-order valence-electron chi connectivity index (χ3n) is 10.8. The van der Waals surface area contributed by atoms with Crippen molar-refractivity contribution < 1.29 is 9.59 Å². The minimum atomic E-state index is -1.52. The van der Waals surface area contributed by atoms with E-state index in [9.17, 15) is 9.59 Å². The van der Waals surface area contributed by atoms with Crippen LogP contribution in [0.1, 0.15) is 98.5 Å². The van der Waals surface area contributed by atoms with Crippen LogP contribution in [0.15, 0.2) is 72.6 Å². The maximum atomic E-state index is 13.5. The summed E-state index contributed by atoms with van der Waals surface area (Å²) in [5.74, 6) is 0.262. The van der Waals surface area contributed by atoms with Gasteiger partial charge >= 0.3 is 222 Å². The normalized spacial score (nSPS) is 22.8. The second kappa shape index (κ2) is 14.4. The fourth-order valence-electron chi connectivity index (χ4n) is 7.86. The van der Waals surface area contributed by atoms with Crippen molar-refractivity contribution in [2.75, 3.05) is 42.1 Å². The zero-order chi connectivity index (χ0) is 34.1. The topological polar surface area (TPSA) is 65.5 Å². The van der Waals surface area contributed by atoms with Gasteiger partial charge in [-0.2, -0.15) is 0 Å². The van der Waals surface area contributed by atoms with Crippen LogP contribution in [0, 0.1) is 21.3 Å². The van der Waals surface area contributed by atoms with Crippen molar-refractivity contribution in [1.29, 1.82) is 0 Å². The van der Waals surface area contributed by atoms with Crippen molar-refractivity contribution in [2.45, 2.75) is 72.8 Å². The number of nitrogens with one attached hydrogen (secondary N) is 1. The monoisotopic (exact) mass is 760 g/mol. The summed E-state index contributed by atoms with van der Waals surface area (Å²) in [7, 11) is 2.20. The first-order valence-electron chi connectivity index (χ1n) is 17.7. The molecule has 1 aromatic heterocycles. The molecule has 1 aliphatic carbocycles. The summed E-state index contributed by atoms with van der Waals surface area (Å²) in [6.45, 7) is 14.8. The number of piperidine rings is 1. The Morgan fingerprint density at radius 1 is 0.854 bits per heavy atom. The number of rotatable bonds is 7. The average molecular weight is 761 g/mol. The molecule has 2 aromatic carbocycles. The Labute approximate surface area is 295 Å². The molecule has 2 aliphatic heterocycles. The third-order valence-corrected chi connectivity index (χ3v) is 16.7. The van der Waals surface area contributed by atoms with E-state index >= 15 is 0 Å². The Morgan fingerprint density at radius 2 is 1.48 bits per heavy atom. The minimum Gasteiger partial charge on any atom is -0.0587 e. The van der Waals surface area contributed by atoms with Crippen molar-refractivity contribution >= 4 is 37.2 Å². The first-order chi connectivity index (χ1) is 22.9. The van der Waals surface area contributed by atoms with E-state index in [-0.39, 0.29) is 22.8 Å². The number of carbonyl (C=O) groups is 2. The molecule has 3 aliphatic rings. The number of aryl methyl sites for hydroxylation is 1. The van der Waals surface area contributed by atoms with Gasteiger partial charge in [-0.3, -0.25) is 0 Å². The van der Waals surface area contributed by atoms with Crippen molar-refractivity contribution in [2.24, 2.45) is 10.8 Å². The molecule has 3 aromatic rings. The molecule has 0 spiro atoms. The molecule has 48 heavy (non-hydrogen) atoms. The second-order valence-electron chi connectivity index (χ2n) is 15.4. The first-order valence-corrected chi connectivity index (χ1v) is 21.8. The van der Waals surface area contributed by atoms with Gasteiger partial charge in [0.25, 0.3) is 0 Å². The number of benzene rings is 2. The summed E-state index contributed by atoms with van der Waals surface area (Å²) in [5, 5.41) is 3.23. The third kappa shape index (κ3) is 7.88. The number of amides is 2. The maximum Gasteiger partial charge on any atom is -0.0541 e. The van der Waals surface area contributed by atoms with Crippen LogP contribution in [-0.4, -0.2) is 68.7 Å². The van der Waals surface area contributed by atoms with Gasteiger partial charge in [0, 0.05) is 13.1 Å². The van der Waals surface area contributed by atoms with Crippen molar-refractivity contribution in [1.82, 2.24) is 20.1 Å². The molecular formula is C41H53IN4O2. The molecule has 0 bridgehead atoms. The average Bonchev–Trinajstić information content (AvgIpc) is 3.39. The molecule has 2 saturated heterocycles. The zero-order valence-electron chi connectivity index (χ0n) is 29.7. The van der Waals surface area contributed by atoms with Gasteiger partial charge in [0.1, 0.15) is 0 Å². The van der Waals surface area contributed by atoms with E-state index in [2.05, 4.69) is 116 Å². The molecular weight excluding hydrogens is 707 g/mol. The first kappa shape index (κ1) is 34.8. The van der Waals surface area contributed by atoms with Crippen molar-refractivity contribution in [3.8, 4) is 0 Å². The van der Waals surface area contributed by atoms with Crippen molar-refractivity contribution in [3.05, 3.63) is 104 Å². The molecule has 1 saturated carbocycles. The second-order valence-corrected chi connectivity index (χ2v) is 21.4. The summed E-state index contributed by atoms with van der Waals surface area (Å²) < 4.78 is 3.36. The molecule has 2 atom stereocenters. The van der Waals surface area contributed by atoms with Gasteiger partial charge in [0.2, 0.25) is 0 Å². The number of hydrogen-bond donors (Lipinski definition) is 1. The summed E-state index contributed by atoms with van der Waals surface area (Å²) in [6.07, 6.45) is 8.91. The van der Waals surface area contributed by atoms with Gasteiger partial charge in [-0.05, 0) is 26.8 Å². The van der Waals surface area contributed by atoms with Gasteiger partial charge < -0.3 is 4.90 Å². The van der Waals surface area contributed by atoms with E-state index in [0.29, 0.717) is 11.5 Å². The Bertz CT molecular complexity index is 1650. The number of likely N-dealkylation sites (tertiary alicyclic amines) is 1. The molecule has 6 nitrogen and oxygen atoms in total. The molecule has 3 heterocycles. The number of alkyl halides is 2. The summed E-state index contributed by atoms with van der Waals surface area (Å²) in [6, 6.07) is 19.6. The van der Waals surface area contributed by atoms with Gasteiger partial charge in [-0.1, -0.05) is 29.8 Å². The Morgan fingerprint density at radius 3 is 2.08 bits per heavy atom. The molecule has 7 heteroatoms. The fraction of sp³-hybridized carbons (Fsp3) is 0.488. The Hall–Kier alpha value is -3.04. The standard InChI is InChI=1S/C41H53IN4O2/c1-29-7-9-32(10-8-29)37(34-15-21-45(6)22-16-34)33-13-11-31(12-14-33)30(2)44-38(47)35-25-36(27-43-26-35)42-19-23-46(24-20-42)39(48)41(5)18-17-40(3,4)28-41/h7-14,25-27,30H,15-24,28H2,1-6H3,(H,44,47)/t30-,41?/m1/s1. The largest absolute Gasteiger partial charge is 0.0587 e.